The number of aryl methyl sites for hydroxylation is 2. The fourth-order valence-corrected chi connectivity index (χ4v) is 3.64. The summed E-state index contributed by atoms with van der Waals surface area (Å²) < 4.78 is 3.75. The Hall–Kier alpha value is -3.94. The predicted octanol–water partition coefficient (Wildman–Crippen LogP) is 1.98. The molecule has 4 rings (SSSR count). The van der Waals surface area contributed by atoms with E-state index < -0.39 is 17.2 Å². The van der Waals surface area contributed by atoms with Gasteiger partial charge in [-0.2, -0.15) is 0 Å². The van der Waals surface area contributed by atoms with E-state index in [1.165, 1.54) is 17.9 Å². The Morgan fingerprint density at radius 1 is 1.00 bits per heavy atom. The van der Waals surface area contributed by atoms with Gasteiger partial charge in [0.1, 0.15) is 6.54 Å². The smallest absolute Gasteiger partial charge is 0.332 e. The zero-order valence-electron chi connectivity index (χ0n) is 17.6. The van der Waals surface area contributed by atoms with Crippen LogP contribution in [0.5, 0.6) is 0 Å². The van der Waals surface area contributed by atoms with Crippen LogP contribution in [0, 0.1) is 0 Å². The zero-order chi connectivity index (χ0) is 22.1. The van der Waals surface area contributed by atoms with Crippen LogP contribution in [0.25, 0.3) is 22.3 Å². The second-order valence-corrected chi connectivity index (χ2v) is 7.54. The second-order valence-electron chi connectivity index (χ2n) is 7.54. The quantitative estimate of drug-likeness (QED) is 0.538. The third-order valence-electron chi connectivity index (χ3n) is 5.40. The van der Waals surface area contributed by atoms with Gasteiger partial charge in [-0.1, -0.05) is 54.6 Å². The highest BCUT2D eigenvalue weighted by Gasteiger charge is 2.18. The van der Waals surface area contributed by atoms with E-state index >= 15 is 0 Å². The van der Waals surface area contributed by atoms with Gasteiger partial charge in [0, 0.05) is 14.1 Å². The van der Waals surface area contributed by atoms with E-state index in [-0.39, 0.29) is 18.1 Å². The average Bonchev–Trinajstić information content (AvgIpc) is 3.17. The molecular formula is C23H23N5O3. The molecular weight excluding hydrogens is 394 g/mol. The minimum Gasteiger partial charge on any atom is -0.348 e. The zero-order valence-corrected chi connectivity index (χ0v) is 17.6. The van der Waals surface area contributed by atoms with Crippen LogP contribution in [-0.4, -0.2) is 24.6 Å². The molecule has 2 heterocycles. The van der Waals surface area contributed by atoms with E-state index in [1.807, 2.05) is 61.5 Å². The van der Waals surface area contributed by atoms with Gasteiger partial charge in [-0.15, -0.1) is 0 Å². The van der Waals surface area contributed by atoms with E-state index in [1.54, 1.807) is 11.6 Å². The highest BCUT2D eigenvalue weighted by molar-refractivity contribution is 5.77. The number of hydrogen-bond donors (Lipinski definition) is 1. The highest BCUT2D eigenvalue weighted by atomic mass is 16.2. The summed E-state index contributed by atoms with van der Waals surface area (Å²) in [6.45, 7) is 1.50. The Kier molecular flexibility index (Phi) is 5.29. The molecule has 158 valence electrons. The standard InChI is InChI=1S/C23H23N5O3/c1-15(16-9-11-18(12-10-16)17-7-5-4-6-8-17)25-19(29)13-28-22(30)20-21(24-14-26(20)2)27(3)23(28)31/h4-12,14-15H,13H2,1-3H3,(H,25,29). The Morgan fingerprint density at radius 2 is 1.65 bits per heavy atom. The monoisotopic (exact) mass is 417 g/mol. The number of carbonyl (C=O) groups is 1. The normalized spacial score (nSPS) is 12.1. The topological polar surface area (TPSA) is 90.9 Å². The SMILES string of the molecule is CC(NC(=O)Cn1c(=O)c2c(ncn2C)n(C)c1=O)c1ccc(-c2ccccc2)cc1. The van der Waals surface area contributed by atoms with Gasteiger partial charge in [0.2, 0.25) is 5.91 Å². The van der Waals surface area contributed by atoms with Gasteiger partial charge in [-0.3, -0.25) is 14.2 Å². The minimum absolute atomic E-state index is 0.277. The third kappa shape index (κ3) is 3.79. The Morgan fingerprint density at radius 3 is 2.32 bits per heavy atom. The van der Waals surface area contributed by atoms with E-state index in [0.29, 0.717) is 5.65 Å². The third-order valence-corrected chi connectivity index (χ3v) is 5.40. The lowest BCUT2D eigenvalue weighted by Crippen LogP contribution is -2.43. The maximum atomic E-state index is 12.8. The molecule has 0 bridgehead atoms. The molecule has 1 atom stereocenters. The Bertz CT molecular complexity index is 1360. The van der Waals surface area contributed by atoms with Crippen molar-refractivity contribution in [3.05, 3.63) is 87.3 Å². The van der Waals surface area contributed by atoms with Crippen LogP contribution >= 0.6 is 0 Å². The fraction of sp³-hybridized carbons (Fsp3) is 0.217. The molecule has 2 aromatic carbocycles. The number of hydrogen-bond acceptors (Lipinski definition) is 4. The Labute approximate surface area is 178 Å². The van der Waals surface area contributed by atoms with E-state index in [4.69, 9.17) is 0 Å². The molecule has 0 aliphatic heterocycles. The molecule has 0 aliphatic rings. The Balaban J connectivity index is 1.52. The van der Waals surface area contributed by atoms with Crippen molar-refractivity contribution in [2.45, 2.75) is 19.5 Å². The lowest BCUT2D eigenvalue weighted by molar-refractivity contribution is -0.122. The number of aromatic nitrogens is 4. The van der Waals surface area contributed by atoms with Gasteiger partial charge in [0.25, 0.3) is 5.56 Å². The number of amides is 1. The minimum atomic E-state index is -0.578. The van der Waals surface area contributed by atoms with Gasteiger partial charge in [-0.05, 0) is 23.6 Å². The van der Waals surface area contributed by atoms with E-state index in [9.17, 15) is 14.4 Å². The van der Waals surface area contributed by atoms with Gasteiger partial charge >= 0.3 is 5.69 Å². The van der Waals surface area contributed by atoms with E-state index in [2.05, 4.69) is 10.3 Å². The molecule has 1 amide bonds. The van der Waals surface area contributed by atoms with Crippen molar-refractivity contribution in [3.8, 4) is 11.1 Å². The first-order chi connectivity index (χ1) is 14.9. The lowest BCUT2D eigenvalue weighted by atomic mass is 10.0. The molecule has 1 N–H and O–H groups in total. The van der Waals surface area contributed by atoms with Crippen LogP contribution in [0.2, 0.25) is 0 Å². The van der Waals surface area contributed by atoms with E-state index in [0.717, 1.165) is 21.3 Å². The number of nitrogens with zero attached hydrogens (tertiary/aromatic N) is 4. The molecule has 2 aromatic heterocycles. The van der Waals surface area contributed by atoms with Crippen molar-refractivity contribution in [3.63, 3.8) is 0 Å². The summed E-state index contributed by atoms with van der Waals surface area (Å²) in [6, 6.07) is 17.7. The molecule has 0 spiro atoms. The largest absolute Gasteiger partial charge is 0.348 e. The predicted molar refractivity (Wildman–Crippen MR) is 119 cm³/mol. The molecule has 0 fully saturated rings. The molecule has 0 saturated carbocycles. The number of imidazole rings is 1. The van der Waals surface area contributed by atoms with Gasteiger partial charge in [0.15, 0.2) is 11.2 Å². The molecule has 0 aliphatic carbocycles. The van der Waals surface area contributed by atoms with Gasteiger partial charge in [-0.25, -0.2) is 14.3 Å². The van der Waals surface area contributed by atoms with Crippen molar-refractivity contribution < 1.29 is 4.79 Å². The van der Waals surface area contributed by atoms with Crippen molar-refractivity contribution in [1.29, 1.82) is 0 Å². The van der Waals surface area contributed by atoms with Crippen LogP contribution in [0.15, 0.2) is 70.5 Å². The van der Waals surface area contributed by atoms with Crippen LogP contribution < -0.4 is 16.6 Å². The van der Waals surface area contributed by atoms with Gasteiger partial charge < -0.3 is 9.88 Å². The van der Waals surface area contributed by atoms with Crippen LogP contribution in [0.3, 0.4) is 0 Å². The van der Waals surface area contributed by atoms with Crippen molar-refractivity contribution in [2.24, 2.45) is 14.1 Å². The lowest BCUT2D eigenvalue weighted by Gasteiger charge is -2.16. The summed E-state index contributed by atoms with van der Waals surface area (Å²) >= 11 is 0. The van der Waals surface area contributed by atoms with Crippen molar-refractivity contribution in [2.75, 3.05) is 0 Å². The number of rotatable bonds is 5. The molecule has 0 saturated heterocycles. The van der Waals surface area contributed by atoms with Crippen LogP contribution in [-0.2, 0) is 25.4 Å². The maximum absolute atomic E-state index is 12.8. The van der Waals surface area contributed by atoms with Crippen LogP contribution in [0.1, 0.15) is 18.5 Å². The summed E-state index contributed by atoms with van der Waals surface area (Å²) in [7, 11) is 3.20. The number of carbonyl (C=O) groups excluding carboxylic acids is 1. The molecule has 8 nitrogen and oxygen atoms in total. The summed E-state index contributed by atoms with van der Waals surface area (Å²) in [5.74, 6) is -0.416. The second kappa shape index (κ2) is 8.06. The highest BCUT2D eigenvalue weighted by Crippen LogP contribution is 2.21. The summed E-state index contributed by atoms with van der Waals surface area (Å²) in [4.78, 5) is 42.0. The van der Waals surface area contributed by atoms with Crippen molar-refractivity contribution >= 4 is 17.1 Å². The molecule has 0 radical (unpaired) electrons. The average molecular weight is 417 g/mol. The first-order valence-electron chi connectivity index (χ1n) is 9.92. The number of nitrogens with one attached hydrogen (secondary N) is 1. The number of fused-ring (bicyclic) bond motifs is 1. The number of benzene rings is 2. The molecule has 31 heavy (non-hydrogen) atoms. The fourth-order valence-electron chi connectivity index (χ4n) is 3.64. The summed E-state index contributed by atoms with van der Waals surface area (Å²) in [5.41, 5.74) is 2.59. The summed E-state index contributed by atoms with van der Waals surface area (Å²) in [5, 5.41) is 2.87. The van der Waals surface area contributed by atoms with Gasteiger partial charge in [0.05, 0.1) is 12.4 Å². The molecule has 4 aromatic rings. The molecule has 8 heteroatoms. The van der Waals surface area contributed by atoms with Crippen molar-refractivity contribution in [1.82, 2.24) is 24.0 Å². The first kappa shape index (κ1) is 20.3. The first-order valence-corrected chi connectivity index (χ1v) is 9.92. The molecule has 1 unspecified atom stereocenters. The van der Waals surface area contributed by atoms with Crippen LogP contribution in [0.4, 0.5) is 0 Å². The summed E-state index contributed by atoms with van der Waals surface area (Å²) in [6.07, 6.45) is 1.47. The maximum Gasteiger partial charge on any atom is 0.332 e.